The van der Waals surface area contributed by atoms with E-state index in [1.807, 2.05) is 19.9 Å². The molecule has 0 amide bonds. The molecule has 4 heteroatoms. The molecule has 0 spiro atoms. The van der Waals surface area contributed by atoms with E-state index >= 15 is 0 Å². The highest BCUT2D eigenvalue weighted by atomic mass is 35.5. The summed E-state index contributed by atoms with van der Waals surface area (Å²) in [6.45, 7) is 6.78. The van der Waals surface area contributed by atoms with Crippen LogP contribution in [0.25, 0.3) is 0 Å². The Balaban J connectivity index is 0.00000256. The summed E-state index contributed by atoms with van der Waals surface area (Å²) >= 11 is 6.19. The third-order valence-corrected chi connectivity index (χ3v) is 2.58. The quantitative estimate of drug-likeness (QED) is 0.890. The molecule has 0 aliphatic heterocycles. The topological polar surface area (TPSA) is 35.2 Å². The molecule has 1 aromatic rings. The molecule has 1 aromatic carbocycles. The summed E-state index contributed by atoms with van der Waals surface area (Å²) in [6, 6.07) is 4.20. The molecule has 0 heterocycles. The number of aryl methyl sites for hydroxylation is 1. The van der Waals surface area contributed by atoms with Gasteiger partial charge in [0.25, 0.3) is 0 Å². The Morgan fingerprint density at radius 3 is 2.53 bits per heavy atom. The summed E-state index contributed by atoms with van der Waals surface area (Å²) in [7, 11) is 0. The van der Waals surface area contributed by atoms with Crippen molar-refractivity contribution in [3.05, 3.63) is 28.3 Å². The fourth-order valence-electron chi connectivity index (χ4n) is 1.68. The maximum Gasteiger partial charge on any atom is 0.140 e. The molecule has 2 nitrogen and oxygen atoms in total. The Morgan fingerprint density at radius 2 is 2.06 bits per heavy atom. The molecule has 0 saturated heterocycles. The predicted octanol–water partition coefficient (Wildman–Crippen LogP) is 3.75. The minimum atomic E-state index is 0. The van der Waals surface area contributed by atoms with Gasteiger partial charge in [-0.3, -0.25) is 0 Å². The van der Waals surface area contributed by atoms with Crippen LogP contribution in [0.3, 0.4) is 0 Å². The second kappa shape index (κ2) is 7.80. The maximum atomic E-state index is 6.19. The van der Waals surface area contributed by atoms with Gasteiger partial charge in [-0.1, -0.05) is 24.6 Å². The monoisotopic (exact) mass is 277 g/mol. The van der Waals surface area contributed by atoms with Gasteiger partial charge in [0.15, 0.2) is 0 Å². The molecule has 17 heavy (non-hydrogen) atoms. The summed E-state index contributed by atoms with van der Waals surface area (Å²) in [5.74, 6) is 0.803. The maximum absolute atomic E-state index is 6.19. The molecule has 0 fully saturated rings. The van der Waals surface area contributed by atoms with E-state index in [-0.39, 0.29) is 18.4 Å². The van der Waals surface area contributed by atoms with Crippen molar-refractivity contribution in [2.75, 3.05) is 6.61 Å². The van der Waals surface area contributed by atoms with Crippen molar-refractivity contribution < 1.29 is 4.74 Å². The second-order valence-electron chi connectivity index (χ2n) is 4.25. The molecule has 0 aromatic heterocycles. The molecule has 1 rings (SSSR count). The van der Waals surface area contributed by atoms with Crippen LogP contribution >= 0.6 is 24.0 Å². The lowest BCUT2D eigenvalue weighted by atomic mass is 10.0. The number of halogens is 2. The normalized spacial score (nSPS) is 11.8. The third-order valence-electron chi connectivity index (χ3n) is 2.30. The van der Waals surface area contributed by atoms with Crippen molar-refractivity contribution in [1.82, 2.24) is 0 Å². The minimum Gasteiger partial charge on any atom is -0.492 e. The van der Waals surface area contributed by atoms with Crippen LogP contribution in [0.15, 0.2) is 12.1 Å². The van der Waals surface area contributed by atoms with E-state index in [0.717, 1.165) is 24.2 Å². The van der Waals surface area contributed by atoms with Crippen LogP contribution in [0.2, 0.25) is 5.02 Å². The zero-order valence-electron chi connectivity index (χ0n) is 10.6. The minimum absolute atomic E-state index is 0. The molecule has 0 aliphatic rings. The highest BCUT2D eigenvalue weighted by Crippen LogP contribution is 2.30. The number of hydrogen-bond donors (Lipinski definition) is 1. The molecular formula is C13H21Cl2NO. The lowest BCUT2D eigenvalue weighted by Crippen LogP contribution is -2.17. The molecule has 98 valence electrons. The molecular weight excluding hydrogens is 257 g/mol. The van der Waals surface area contributed by atoms with Gasteiger partial charge in [-0.15, -0.1) is 12.4 Å². The molecule has 1 unspecified atom stereocenters. The van der Waals surface area contributed by atoms with Gasteiger partial charge in [-0.2, -0.15) is 0 Å². The van der Waals surface area contributed by atoms with E-state index in [0.29, 0.717) is 11.6 Å². The number of benzene rings is 1. The first-order valence-electron chi connectivity index (χ1n) is 5.72. The van der Waals surface area contributed by atoms with Crippen LogP contribution in [-0.4, -0.2) is 12.6 Å². The van der Waals surface area contributed by atoms with Crippen LogP contribution < -0.4 is 10.5 Å². The third kappa shape index (κ3) is 5.15. The van der Waals surface area contributed by atoms with Crippen molar-refractivity contribution in [1.29, 1.82) is 0 Å². The van der Waals surface area contributed by atoms with E-state index in [9.17, 15) is 0 Å². The number of rotatable bonds is 5. The Hall–Kier alpha value is -0.440. The average Bonchev–Trinajstić information content (AvgIpc) is 2.15. The van der Waals surface area contributed by atoms with Crippen LogP contribution in [0, 0.1) is 6.92 Å². The van der Waals surface area contributed by atoms with Crippen molar-refractivity contribution in [3.63, 3.8) is 0 Å². The summed E-state index contributed by atoms with van der Waals surface area (Å²) in [6.07, 6.45) is 1.83. The molecule has 0 radical (unpaired) electrons. The second-order valence-corrected chi connectivity index (χ2v) is 4.66. The number of nitrogens with two attached hydrogens (primary N) is 1. The van der Waals surface area contributed by atoms with E-state index in [2.05, 4.69) is 13.0 Å². The van der Waals surface area contributed by atoms with Gasteiger partial charge < -0.3 is 10.5 Å². The van der Waals surface area contributed by atoms with Gasteiger partial charge in [-0.05, 0) is 43.9 Å². The molecule has 0 saturated carbocycles. The Morgan fingerprint density at radius 1 is 1.41 bits per heavy atom. The van der Waals surface area contributed by atoms with Gasteiger partial charge in [-0.25, -0.2) is 0 Å². The largest absolute Gasteiger partial charge is 0.492 e. The van der Waals surface area contributed by atoms with Crippen LogP contribution in [0.5, 0.6) is 5.75 Å². The van der Waals surface area contributed by atoms with Crippen molar-refractivity contribution >= 4 is 24.0 Å². The molecule has 1 atom stereocenters. The smallest absolute Gasteiger partial charge is 0.140 e. The van der Waals surface area contributed by atoms with E-state index in [1.165, 1.54) is 5.56 Å². The lowest BCUT2D eigenvalue weighted by Gasteiger charge is -2.13. The predicted molar refractivity (Wildman–Crippen MR) is 76.6 cm³/mol. The molecule has 2 N–H and O–H groups in total. The SMILES string of the molecule is CCCOc1c(C)cc(CC(C)N)cc1Cl.Cl. The molecule has 0 bridgehead atoms. The zero-order valence-corrected chi connectivity index (χ0v) is 12.2. The Labute approximate surface area is 115 Å². The Bertz CT molecular complexity index is 330. The van der Waals surface area contributed by atoms with E-state index in [1.54, 1.807) is 0 Å². The zero-order chi connectivity index (χ0) is 12.1. The standard InChI is InChI=1S/C13H20ClNO.ClH/c1-4-5-16-13-9(2)6-11(7-10(3)15)8-12(13)14;/h6,8,10H,4-5,7,15H2,1-3H3;1H. The highest BCUT2D eigenvalue weighted by molar-refractivity contribution is 6.32. The first-order chi connectivity index (χ1) is 7.54. The summed E-state index contributed by atoms with van der Waals surface area (Å²) < 4.78 is 5.61. The fourth-order valence-corrected chi connectivity index (χ4v) is 2.02. The average molecular weight is 278 g/mol. The van der Waals surface area contributed by atoms with Crippen molar-refractivity contribution in [2.24, 2.45) is 5.73 Å². The summed E-state index contributed by atoms with van der Waals surface area (Å²) in [5.41, 5.74) is 8.02. The number of hydrogen-bond acceptors (Lipinski definition) is 2. The van der Waals surface area contributed by atoms with Gasteiger partial charge in [0.05, 0.1) is 11.6 Å². The lowest BCUT2D eigenvalue weighted by molar-refractivity contribution is 0.315. The summed E-state index contributed by atoms with van der Waals surface area (Å²) in [4.78, 5) is 0. The highest BCUT2D eigenvalue weighted by Gasteiger charge is 2.08. The van der Waals surface area contributed by atoms with Gasteiger partial charge in [0.1, 0.15) is 5.75 Å². The summed E-state index contributed by atoms with van der Waals surface area (Å²) in [5, 5.41) is 0.684. The fraction of sp³-hybridized carbons (Fsp3) is 0.538. The van der Waals surface area contributed by atoms with Crippen LogP contribution in [0.1, 0.15) is 31.4 Å². The first-order valence-corrected chi connectivity index (χ1v) is 6.09. The van der Waals surface area contributed by atoms with Crippen LogP contribution in [0.4, 0.5) is 0 Å². The first kappa shape index (κ1) is 16.6. The van der Waals surface area contributed by atoms with Gasteiger partial charge >= 0.3 is 0 Å². The van der Waals surface area contributed by atoms with Crippen LogP contribution in [-0.2, 0) is 6.42 Å². The molecule has 0 aliphatic carbocycles. The van der Waals surface area contributed by atoms with Crippen molar-refractivity contribution in [2.45, 2.75) is 39.7 Å². The van der Waals surface area contributed by atoms with Gasteiger partial charge in [0.2, 0.25) is 0 Å². The number of ether oxygens (including phenoxy) is 1. The Kier molecular flexibility index (Phi) is 7.60. The van der Waals surface area contributed by atoms with Crippen molar-refractivity contribution in [3.8, 4) is 5.75 Å². The van der Waals surface area contributed by atoms with Gasteiger partial charge in [0, 0.05) is 6.04 Å². The van der Waals surface area contributed by atoms with E-state index in [4.69, 9.17) is 22.1 Å². The van der Waals surface area contributed by atoms with E-state index < -0.39 is 0 Å².